The van der Waals surface area contributed by atoms with Gasteiger partial charge in [-0.2, -0.15) is 18.4 Å². The summed E-state index contributed by atoms with van der Waals surface area (Å²) < 4.78 is 98.0. The second-order valence-corrected chi connectivity index (χ2v) is 7.40. The number of carbonyl (C=O) groups is 1. The number of nitriles is 1. The zero-order valence-electron chi connectivity index (χ0n) is 14.9. The van der Waals surface area contributed by atoms with Gasteiger partial charge in [0.05, 0.1) is 24.0 Å². The maximum atomic E-state index is 14.0. The molecule has 0 amide bonds. The zero-order valence-corrected chi connectivity index (χ0v) is 15.7. The highest BCUT2D eigenvalue weighted by Gasteiger charge is 2.62. The number of esters is 1. The van der Waals surface area contributed by atoms with E-state index in [-0.39, 0.29) is 0 Å². The lowest BCUT2D eigenvalue weighted by molar-refractivity contribution is -0.147. The number of nitrogens with zero attached hydrogens (tertiary/aromatic N) is 1. The Hall–Kier alpha value is -2.28. The highest BCUT2D eigenvalue weighted by Crippen LogP contribution is 2.60. The first-order valence-electron chi connectivity index (χ1n) is 8.06. The molecule has 0 spiro atoms. The summed E-state index contributed by atoms with van der Waals surface area (Å²) in [5, 5.41) is 7.04. The van der Waals surface area contributed by atoms with Crippen molar-refractivity contribution >= 4 is 17.6 Å². The van der Waals surface area contributed by atoms with Gasteiger partial charge in [-0.05, 0) is 11.3 Å². The van der Waals surface area contributed by atoms with E-state index in [1.54, 1.807) is 0 Å². The third-order valence-corrected chi connectivity index (χ3v) is 5.16. The molecule has 1 aromatic rings. The molecule has 3 nitrogen and oxygen atoms in total. The van der Waals surface area contributed by atoms with Gasteiger partial charge < -0.3 is 4.74 Å². The molecule has 11 heteroatoms. The summed E-state index contributed by atoms with van der Waals surface area (Å²) >= 11 is 5.16. The second-order valence-electron chi connectivity index (χ2n) is 6.99. The van der Waals surface area contributed by atoms with E-state index in [2.05, 4.69) is 4.74 Å². The van der Waals surface area contributed by atoms with Crippen LogP contribution in [-0.4, -0.2) is 12.1 Å². The molecule has 0 unspecified atom stereocenters. The second kappa shape index (κ2) is 7.86. The maximum absolute atomic E-state index is 14.0. The Bertz CT molecular complexity index is 889. The van der Waals surface area contributed by atoms with Gasteiger partial charge in [-0.25, -0.2) is 17.6 Å². The van der Waals surface area contributed by atoms with E-state index < -0.39 is 81.9 Å². The van der Waals surface area contributed by atoms with Gasteiger partial charge in [-0.1, -0.05) is 31.5 Å². The number of halogens is 8. The normalized spacial score (nSPS) is 20.9. The number of ether oxygens (including phenoxy) is 1. The van der Waals surface area contributed by atoms with Gasteiger partial charge >= 0.3 is 12.1 Å². The summed E-state index contributed by atoms with van der Waals surface area (Å²) in [6.07, 6.45) is -5.08. The number of benzene rings is 1. The number of carbonyl (C=O) groups excluding carboxylic acids is 1. The van der Waals surface area contributed by atoms with E-state index in [9.17, 15) is 35.5 Å². The van der Waals surface area contributed by atoms with Crippen molar-refractivity contribution in [1.82, 2.24) is 0 Å². The molecule has 29 heavy (non-hydrogen) atoms. The van der Waals surface area contributed by atoms with Crippen molar-refractivity contribution in [3.05, 3.63) is 45.5 Å². The molecule has 1 fully saturated rings. The fourth-order valence-corrected chi connectivity index (χ4v) is 3.14. The van der Waals surface area contributed by atoms with Crippen LogP contribution in [0.25, 0.3) is 0 Å². The summed E-state index contributed by atoms with van der Waals surface area (Å²) in [5.41, 5.74) is -3.30. The minimum atomic E-state index is -4.80. The van der Waals surface area contributed by atoms with E-state index in [1.807, 2.05) is 0 Å². The van der Waals surface area contributed by atoms with Gasteiger partial charge in [-0.15, -0.1) is 0 Å². The fraction of sp³-hybridized carbons (Fsp3) is 0.444. The van der Waals surface area contributed by atoms with Gasteiger partial charge in [0.15, 0.2) is 23.3 Å². The monoisotopic (exact) mass is 443 g/mol. The highest BCUT2D eigenvalue weighted by molar-refractivity contribution is 6.30. The summed E-state index contributed by atoms with van der Waals surface area (Å²) in [6.45, 7) is 1.73. The molecule has 2 rings (SSSR count). The molecule has 0 saturated heterocycles. The molecular weight excluding hydrogens is 431 g/mol. The van der Waals surface area contributed by atoms with Gasteiger partial charge in [0.25, 0.3) is 0 Å². The smallest absolute Gasteiger partial charge is 0.426 e. The molecule has 158 valence electrons. The largest absolute Gasteiger partial charge is 0.460 e. The number of rotatable bonds is 5. The summed E-state index contributed by atoms with van der Waals surface area (Å²) in [5.74, 6) is -10.4. The lowest BCUT2D eigenvalue weighted by Crippen LogP contribution is -2.15. The Morgan fingerprint density at radius 2 is 1.62 bits per heavy atom. The van der Waals surface area contributed by atoms with Crippen LogP contribution in [0.5, 0.6) is 0 Å². The standard InChI is InChI=1S/C18H13ClF7NO2/c1-17(2)9(5-10(19)18(24,25)26)11(17)16(28)29-6-8-14(22)12(20)7(3-4-27)13(21)15(8)23/h5,9,11H,3,6H2,1-2H3/b10-5-/t9-,11-/m1/s1. The highest BCUT2D eigenvalue weighted by atomic mass is 35.5. The Morgan fingerprint density at radius 3 is 2.07 bits per heavy atom. The van der Waals surface area contributed by atoms with Crippen molar-refractivity contribution in [3.8, 4) is 6.07 Å². The lowest BCUT2D eigenvalue weighted by Gasteiger charge is -2.11. The molecule has 2 atom stereocenters. The fourth-order valence-electron chi connectivity index (χ4n) is 3.01. The molecule has 0 aliphatic heterocycles. The van der Waals surface area contributed by atoms with Crippen LogP contribution in [-0.2, 0) is 22.6 Å². The van der Waals surface area contributed by atoms with Crippen LogP contribution >= 0.6 is 11.6 Å². The molecule has 0 aromatic heterocycles. The van der Waals surface area contributed by atoms with Crippen molar-refractivity contribution in [1.29, 1.82) is 5.26 Å². The van der Waals surface area contributed by atoms with Gasteiger partial charge in [0.1, 0.15) is 11.6 Å². The van der Waals surface area contributed by atoms with Crippen molar-refractivity contribution in [2.75, 3.05) is 0 Å². The Balaban J connectivity index is 2.19. The maximum Gasteiger partial charge on any atom is 0.426 e. The van der Waals surface area contributed by atoms with Crippen LogP contribution in [0.2, 0.25) is 0 Å². The molecule has 1 aliphatic rings. The predicted octanol–water partition coefficient (Wildman–Crippen LogP) is 5.31. The number of allylic oxidation sites excluding steroid dienone is 2. The minimum absolute atomic E-state index is 0.644. The molecule has 1 aliphatic carbocycles. The summed E-state index contributed by atoms with van der Waals surface area (Å²) in [4.78, 5) is 12.1. The Labute approximate surface area is 165 Å². The van der Waals surface area contributed by atoms with Crippen LogP contribution in [0.3, 0.4) is 0 Å². The van der Waals surface area contributed by atoms with E-state index in [1.165, 1.54) is 19.9 Å². The third kappa shape index (κ3) is 4.34. The van der Waals surface area contributed by atoms with Crippen molar-refractivity contribution < 1.29 is 40.3 Å². The average Bonchev–Trinajstić information content (AvgIpc) is 3.16. The van der Waals surface area contributed by atoms with Gasteiger partial charge in [-0.3, -0.25) is 4.79 Å². The Kier molecular flexibility index (Phi) is 6.23. The SMILES string of the molecule is CC1(C)[C@H](/C=C(\Cl)C(F)(F)F)[C@@H]1C(=O)OCc1c(F)c(F)c(CC#N)c(F)c1F. The first kappa shape index (κ1) is 23.0. The third-order valence-electron chi connectivity index (χ3n) is 4.82. The van der Waals surface area contributed by atoms with Crippen molar-refractivity contribution in [3.63, 3.8) is 0 Å². The molecule has 1 aromatic carbocycles. The van der Waals surface area contributed by atoms with Gasteiger partial charge in [0, 0.05) is 5.56 Å². The van der Waals surface area contributed by atoms with Crippen LogP contribution < -0.4 is 0 Å². The lowest BCUT2D eigenvalue weighted by atomic mass is 10.1. The van der Waals surface area contributed by atoms with Crippen molar-refractivity contribution in [2.24, 2.45) is 17.3 Å². The van der Waals surface area contributed by atoms with E-state index in [0.29, 0.717) is 6.08 Å². The van der Waals surface area contributed by atoms with Gasteiger partial charge in [0.2, 0.25) is 0 Å². The number of hydrogen-bond acceptors (Lipinski definition) is 3. The van der Waals surface area contributed by atoms with Crippen LogP contribution in [0.1, 0.15) is 25.0 Å². The van der Waals surface area contributed by atoms with E-state index >= 15 is 0 Å². The summed E-state index contributed by atoms with van der Waals surface area (Å²) in [7, 11) is 0. The number of alkyl halides is 3. The first-order valence-corrected chi connectivity index (χ1v) is 8.44. The number of hydrogen-bond donors (Lipinski definition) is 0. The minimum Gasteiger partial charge on any atom is -0.460 e. The predicted molar refractivity (Wildman–Crippen MR) is 86.1 cm³/mol. The molecular formula is C18H13ClF7NO2. The topological polar surface area (TPSA) is 50.1 Å². The zero-order chi connectivity index (χ0) is 22.3. The van der Waals surface area contributed by atoms with Crippen molar-refractivity contribution in [2.45, 2.75) is 33.1 Å². The first-order chi connectivity index (χ1) is 13.2. The van der Waals surface area contributed by atoms with Crippen LogP contribution in [0, 0.1) is 51.9 Å². The molecule has 0 N–H and O–H groups in total. The molecule has 0 bridgehead atoms. The summed E-state index contributed by atoms with van der Waals surface area (Å²) in [6, 6.07) is 1.36. The Morgan fingerprint density at radius 1 is 1.14 bits per heavy atom. The quantitative estimate of drug-likeness (QED) is 0.352. The van der Waals surface area contributed by atoms with E-state index in [4.69, 9.17) is 16.9 Å². The van der Waals surface area contributed by atoms with Crippen LogP contribution in [0.15, 0.2) is 11.1 Å². The molecule has 0 heterocycles. The molecule has 0 radical (unpaired) electrons. The van der Waals surface area contributed by atoms with E-state index in [0.717, 1.165) is 0 Å². The van der Waals surface area contributed by atoms with Crippen LogP contribution in [0.4, 0.5) is 30.7 Å². The molecule has 1 saturated carbocycles. The average molecular weight is 444 g/mol.